The van der Waals surface area contributed by atoms with Gasteiger partial charge in [-0.25, -0.2) is 4.98 Å². The van der Waals surface area contributed by atoms with Crippen LogP contribution in [0.1, 0.15) is 37.8 Å². The van der Waals surface area contributed by atoms with E-state index >= 15 is 0 Å². The maximum atomic E-state index is 4.45. The zero-order valence-electron chi connectivity index (χ0n) is 10.1. The van der Waals surface area contributed by atoms with Crippen LogP contribution >= 0.6 is 0 Å². The molecule has 2 heterocycles. The average molecular weight is 219 g/mol. The van der Waals surface area contributed by atoms with Gasteiger partial charge in [0.1, 0.15) is 0 Å². The number of aromatic nitrogens is 2. The highest BCUT2D eigenvalue weighted by atomic mass is 15.2. The molecule has 1 aromatic heterocycles. The van der Waals surface area contributed by atoms with Crippen molar-refractivity contribution < 1.29 is 0 Å². The van der Waals surface area contributed by atoms with E-state index in [-0.39, 0.29) is 0 Å². The molecule has 1 aliphatic heterocycles. The predicted octanol–water partition coefficient (Wildman–Crippen LogP) is 2.18. The van der Waals surface area contributed by atoms with E-state index in [9.17, 15) is 0 Å². The largest absolute Gasteiger partial charge is 0.340 e. The lowest BCUT2D eigenvalue weighted by atomic mass is 9.92. The van der Waals surface area contributed by atoms with Crippen molar-refractivity contribution in [1.82, 2.24) is 14.5 Å². The van der Waals surface area contributed by atoms with Gasteiger partial charge >= 0.3 is 0 Å². The first kappa shape index (κ1) is 10.3. The lowest BCUT2D eigenvalue weighted by Gasteiger charge is -2.37. The smallest absolute Gasteiger partial charge is 0.0947 e. The highest BCUT2D eigenvalue weighted by Gasteiger charge is 2.34. The lowest BCUT2D eigenvalue weighted by molar-refractivity contribution is 0.104. The number of imidazole rings is 1. The Labute approximate surface area is 97.5 Å². The van der Waals surface area contributed by atoms with Crippen LogP contribution in [0.5, 0.6) is 0 Å². The van der Waals surface area contributed by atoms with Crippen molar-refractivity contribution >= 4 is 0 Å². The quantitative estimate of drug-likeness (QED) is 0.760. The Balaban J connectivity index is 1.69. The van der Waals surface area contributed by atoms with Gasteiger partial charge in [0.15, 0.2) is 0 Å². The van der Waals surface area contributed by atoms with Crippen LogP contribution in [-0.2, 0) is 13.6 Å². The average Bonchev–Trinajstić information content (AvgIpc) is 2.87. The molecule has 0 radical (unpaired) electrons. The van der Waals surface area contributed by atoms with Crippen LogP contribution in [0.2, 0.25) is 0 Å². The fraction of sp³-hybridized carbons (Fsp3) is 0.769. The van der Waals surface area contributed by atoms with E-state index in [1.807, 2.05) is 17.9 Å². The highest BCUT2D eigenvalue weighted by Crippen LogP contribution is 2.37. The van der Waals surface area contributed by atoms with Crippen LogP contribution in [0.4, 0.5) is 0 Å². The predicted molar refractivity (Wildman–Crippen MR) is 64.0 cm³/mol. The first-order valence-corrected chi connectivity index (χ1v) is 6.54. The Kier molecular flexibility index (Phi) is 2.72. The van der Waals surface area contributed by atoms with Crippen LogP contribution in [-0.4, -0.2) is 27.0 Å². The second kappa shape index (κ2) is 4.21. The van der Waals surface area contributed by atoms with Gasteiger partial charge in [-0.3, -0.25) is 4.90 Å². The second-order valence-corrected chi connectivity index (χ2v) is 5.40. The molecule has 1 aromatic rings. The van der Waals surface area contributed by atoms with Gasteiger partial charge < -0.3 is 4.57 Å². The molecule has 0 unspecified atom stereocenters. The summed E-state index contributed by atoms with van der Waals surface area (Å²) in [6, 6.07) is 0.857. The first-order valence-electron chi connectivity index (χ1n) is 6.54. The lowest BCUT2D eigenvalue weighted by Crippen LogP contribution is -2.41. The highest BCUT2D eigenvalue weighted by molar-refractivity contribution is 4.99. The van der Waals surface area contributed by atoms with E-state index in [2.05, 4.69) is 16.1 Å². The zero-order valence-corrected chi connectivity index (χ0v) is 10.1. The van der Waals surface area contributed by atoms with Crippen molar-refractivity contribution in [3.8, 4) is 0 Å². The number of aryl methyl sites for hydroxylation is 1. The second-order valence-electron chi connectivity index (χ2n) is 5.40. The Morgan fingerprint density at radius 2 is 2.19 bits per heavy atom. The first-order chi connectivity index (χ1) is 7.83. The minimum atomic E-state index is 0.857. The summed E-state index contributed by atoms with van der Waals surface area (Å²) in [5.41, 5.74) is 1.23. The summed E-state index contributed by atoms with van der Waals surface area (Å²) in [6.45, 7) is 2.33. The van der Waals surface area contributed by atoms with Gasteiger partial charge in [0, 0.05) is 25.8 Å². The number of piperidine rings is 1. The number of hydrogen-bond acceptors (Lipinski definition) is 2. The summed E-state index contributed by atoms with van der Waals surface area (Å²) in [5, 5.41) is 0. The molecule has 0 N–H and O–H groups in total. The van der Waals surface area contributed by atoms with Crippen molar-refractivity contribution in [3.05, 3.63) is 18.2 Å². The minimum absolute atomic E-state index is 0.857. The van der Waals surface area contributed by atoms with E-state index in [0.29, 0.717) is 0 Å². The fourth-order valence-electron chi connectivity index (χ4n) is 3.51. The van der Waals surface area contributed by atoms with Crippen molar-refractivity contribution in [3.63, 3.8) is 0 Å². The SMILES string of the molecule is Cn1cnc(CN2CCC[C@@H]3CCC[C@@H]32)c1. The third kappa shape index (κ3) is 1.88. The number of fused-ring (bicyclic) bond motifs is 1. The molecule has 0 spiro atoms. The Morgan fingerprint density at radius 1 is 1.31 bits per heavy atom. The van der Waals surface area contributed by atoms with Gasteiger partial charge in [0.2, 0.25) is 0 Å². The van der Waals surface area contributed by atoms with Crippen molar-refractivity contribution in [2.75, 3.05) is 6.54 Å². The zero-order chi connectivity index (χ0) is 11.0. The molecule has 16 heavy (non-hydrogen) atoms. The van der Waals surface area contributed by atoms with Crippen LogP contribution in [0.25, 0.3) is 0 Å². The summed E-state index contributed by atoms with van der Waals surface area (Å²) in [6.07, 6.45) is 11.2. The normalized spacial score (nSPS) is 30.6. The summed E-state index contributed by atoms with van der Waals surface area (Å²) < 4.78 is 2.05. The molecule has 0 amide bonds. The number of likely N-dealkylation sites (tertiary alicyclic amines) is 1. The molecule has 3 nitrogen and oxygen atoms in total. The Hall–Kier alpha value is -0.830. The van der Waals surface area contributed by atoms with Crippen LogP contribution in [0, 0.1) is 5.92 Å². The molecular weight excluding hydrogens is 198 g/mol. The number of nitrogens with zero attached hydrogens (tertiary/aromatic N) is 3. The van der Waals surface area contributed by atoms with Crippen molar-refractivity contribution in [1.29, 1.82) is 0 Å². The molecule has 1 saturated carbocycles. The van der Waals surface area contributed by atoms with Gasteiger partial charge in [-0.05, 0) is 38.1 Å². The summed E-state index contributed by atoms with van der Waals surface area (Å²) in [5.74, 6) is 0.984. The third-order valence-electron chi connectivity index (χ3n) is 4.23. The summed E-state index contributed by atoms with van der Waals surface area (Å²) in [7, 11) is 2.05. The Bertz CT molecular complexity index is 358. The molecular formula is C13H21N3. The monoisotopic (exact) mass is 219 g/mol. The van der Waals surface area contributed by atoms with E-state index in [1.165, 1.54) is 44.3 Å². The molecule has 2 aliphatic rings. The van der Waals surface area contributed by atoms with Gasteiger partial charge in [-0.15, -0.1) is 0 Å². The van der Waals surface area contributed by atoms with Crippen LogP contribution in [0.15, 0.2) is 12.5 Å². The molecule has 2 fully saturated rings. The molecule has 2 atom stereocenters. The number of rotatable bonds is 2. The van der Waals surface area contributed by atoms with Gasteiger partial charge in [-0.2, -0.15) is 0 Å². The molecule has 1 aliphatic carbocycles. The third-order valence-corrected chi connectivity index (χ3v) is 4.23. The van der Waals surface area contributed by atoms with Gasteiger partial charge in [0.25, 0.3) is 0 Å². The molecule has 3 rings (SSSR count). The topological polar surface area (TPSA) is 21.1 Å². The summed E-state index contributed by atoms with van der Waals surface area (Å²) in [4.78, 5) is 7.12. The maximum Gasteiger partial charge on any atom is 0.0947 e. The Morgan fingerprint density at radius 3 is 3.00 bits per heavy atom. The van der Waals surface area contributed by atoms with Crippen LogP contribution < -0.4 is 0 Å². The molecule has 1 saturated heterocycles. The minimum Gasteiger partial charge on any atom is -0.340 e. The molecule has 0 bridgehead atoms. The number of hydrogen-bond donors (Lipinski definition) is 0. The van der Waals surface area contributed by atoms with Gasteiger partial charge in [-0.1, -0.05) is 6.42 Å². The fourth-order valence-corrected chi connectivity index (χ4v) is 3.51. The summed E-state index contributed by atoms with van der Waals surface area (Å²) >= 11 is 0. The van der Waals surface area contributed by atoms with E-state index in [4.69, 9.17) is 0 Å². The van der Waals surface area contributed by atoms with E-state index in [0.717, 1.165) is 18.5 Å². The van der Waals surface area contributed by atoms with Crippen molar-refractivity contribution in [2.24, 2.45) is 13.0 Å². The van der Waals surface area contributed by atoms with Gasteiger partial charge in [0.05, 0.1) is 12.0 Å². The molecule has 3 heteroatoms. The molecule has 0 aromatic carbocycles. The maximum absolute atomic E-state index is 4.45. The van der Waals surface area contributed by atoms with Crippen LogP contribution in [0.3, 0.4) is 0 Å². The van der Waals surface area contributed by atoms with E-state index in [1.54, 1.807) is 0 Å². The molecule has 88 valence electrons. The van der Waals surface area contributed by atoms with E-state index < -0.39 is 0 Å². The standard InChI is InChI=1S/C13H21N3/c1-15-8-12(14-10-15)9-16-7-3-5-11-4-2-6-13(11)16/h8,10-11,13H,2-7,9H2,1H3/t11-,13-/m0/s1. The van der Waals surface area contributed by atoms with Crippen molar-refractivity contribution in [2.45, 2.75) is 44.7 Å².